The van der Waals surface area contributed by atoms with Gasteiger partial charge in [-0.2, -0.15) is 0 Å². The Labute approximate surface area is 113 Å². The average molecular weight is 270 g/mol. The molecule has 0 unspecified atom stereocenters. The minimum atomic E-state index is -0.350. The van der Waals surface area contributed by atoms with Crippen molar-refractivity contribution in [1.82, 2.24) is 0 Å². The molecule has 100 valence electrons. The van der Waals surface area contributed by atoms with Gasteiger partial charge in [-0.15, -0.1) is 12.6 Å². The molecule has 0 aromatic heterocycles. The zero-order valence-corrected chi connectivity index (χ0v) is 11.3. The van der Waals surface area contributed by atoms with Crippen LogP contribution in [0.25, 0.3) is 0 Å². The van der Waals surface area contributed by atoms with Crippen molar-refractivity contribution in [2.75, 3.05) is 33.5 Å². The van der Waals surface area contributed by atoms with Crippen molar-refractivity contribution in [2.45, 2.75) is 11.3 Å². The molecule has 0 aliphatic heterocycles. The van der Waals surface area contributed by atoms with Gasteiger partial charge in [-0.05, 0) is 12.1 Å². The highest BCUT2D eigenvalue weighted by molar-refractivity contribution is 7.80. The maximum absolute atomic E-state index is 11.7. The molecule has 1 aromatic carbocycles. The first kappa shape index (κ1) is 15.0. The molecule has 5 heteroatoms. The molecule has 0 aliphatic rings. The van der Waals surface area contributed by atoms with Gasteiger partial charge in [0.15, 0.2) is 0 Å². The molecule has 0 saturated carbocycles. The molecule has 4 nitrogen and oxygen atoms in total. The molecule has 1 aromatic rings. The van der Waals surface area contributed by atoms with Crippen LogP contribution < -0.4 is 0 Å². The second kappa shape index (κ2) is 8.97. The SMILES string of the molecule is COCCOCCCOC(=O)c1ccccc1S. The first-order chi connectivity index (χ1) is 8.75. The topological polar surface area (TPSA) is 44.8 Å². The van der Waals surface area contributed by atoms with Crippen LogP contribution in [0.4, 0.5) is 0 Å². The summed E-state index contributed by atoms with van der Waals surface area (Å²) in [6.07, 6.45) is 0.671. The third-order valence-electron chi connectivity index (χ3n) is 2.22. The average Bonchev–Trinajstić information content (AvgIpc) is 2.38. The van der Waals surface area contributed by atoms with E-state index in [1.165, 1.54) is 0 Å². The fourth-order valence-electron chi connectivity index (χ4n) is 1.29. The quantitative estimate of drug-likeness (QED) is 0.447. The molecule has 1 rings (SSSR count). The third-order valence-corrected chi connectivity index (χ3v) is 2.61. The van der Waals surface area contributed by atoms with Crippen molar-refractivity contribution in [3.8, 4) is 0 Å². The maximum Gasteiger partial charge on any atom is 0.339 e. The predicted molar refractivity (Wildman–Crippen MR) is 71.3 cm³/mol. The summed E-state index contributed by atoms with van der Waals surface area (Å²) >= 11 is 4.20. The van der Waals surface area contributed by atoms with Crippen LogP contribution in [0.5, 0.6) is 0 Å². The molecule has 0 N–H and O–H groups in total. The van der Waals surface area contributed by atoms with Gasteiger partial charge in [0.1, 0.15) is 0 Å². The monoisotopic (exact) mass is 270 g/mol. The van der Waals surface area contributed by atoms with E-state index in [1.807, 2.05) is 6.07 Å². The molecule has 0 bridgehead atoms. The van der Waals surface area contributed by atoms with Crippen LogP contribution in [0.15, 0.2) is 29.2 Å². The number of ether oxygens (including phenoxy) is 3. The number of hydrogen-bond donors (Lipinski definition) is 1. The molecular formula is C13H18O4S. The van der Waals surface area contributed by atoms with Crippen LogP contribution in [0.1, 0.15) is 16.8 Å². The van der Waals surface area contributed by atoms with Crippen molar-refractivity contribution in [2.24, 2.45) is 0 Å². The summed E-state index contributed by atoms with van der Waals surface area (Å²) in [6, 6.07) is 7.06. The molecule has 0 aliphatic carbocycles. The standard InChI is InChI=1S/C13H18O4S/c1-15-9-10-16-7-4-8-17-13(14)11-5-2-3-6-12(11)18/h2-3,5-6,18H,4,7-10H2,1H3. The van der Waals surface area contributed by atoms with Crippen molar-refractivity contribution in [1.29, 1.82) is 0 Å². The Morgan fingerprint density at radius 1 is 1.17 bits per heavy atom. The van der Waals surface area contributed by atoms with E-state index in [0.29, 0.717) is 43.3 Å². The van der Waals surface area contributed by atoms with Gasteiger partial charge in [-0.1, -0.05) is 12.1 Å². The van der Waals surface area contributed by atoms with Crippen LogP contribution in [0.3, 0.4) is 0 Å². The van der Waals surface area contributed by atoms with Gasteiger partial charge in [0.05, 0.1) is 25.4 Å². The first-order valence-electron chi connectivity index (χ1n) is 5.77. The van der Waals surface area contributed by atoms with Gasteiger partial charge in [-0.25, -0.2) is 4.79 Å². The Kier molecular flexibility index (Phi) is 7.48. The second-order valence-electron chi connectivity index (χ2n) is 3.61. The number of carbonyl (C=O) groups excluding carboxylic acids is 1. The highest BCUT2D eigenvalue weighted by Gasteiger charge is 2.09. The van der Waals surface area contributed by atoms with E-state index in [1.54, 1.807) is 25.3 Å². The lowest BCUT2D eigenvalue weighted by atomic mass is 10.2. The summed E-state index contributed by atoms with van der Waals surface area (Å²) in [5.41, 5.74) is 0.487. The van der Waals surface area contributed by atoms with E-state index in [4.69, 9.17) is 14.2 Å². The van der Waals surface area contributed by atoms with Crippen LogP contribution in [0, 0.1) is 0 Å². The number of thiol groups is 1. The van der Waals surface area contributed by atoms with Crippen molar-refractivity contribution < 1.29 is 19.0 Å². The van der Waals surface area contributed by atoms with E-state index in [-0.39, 0.29) is 5.97 Å². The largest absolute Gasteiger partial charge is 0.462 e. The van der Waals surface area contributed by atoms with Gasteiger partial charge in [0.25, 0.3) is 0 Å². The number of hydrogen-bond acceptors (Lipinski definition) is 5. The third kappa shape index (κ3) is 5.53. The molecule has 18 heavy (non-hydrogen) atoms. The Bertz CT molecular complexity index is 368. The normalized spacial score (nSPS) is 10.3. The Hall–Kier alpha value is -1.04. The maximum atomic E-state index is 11.7. The lowest BCUT2D eigenvalue weighted by Gasteiger charge is -2.07. The van der Waals surface area contributed by atoms with E-state index < -0.39 is 0 Å². The van der Waals surface area contributed by atoms with Gasteiger partial charge in [-0.3, -0.25) is 0 Å². The second-order valence-corrected chi connectivity index (χ2v) is 4.09. The van der Waals surface area contributed by atoms with Crippen molar-refractivity contribution in [3.05, 3.63) is 29.8 Å². The fourth-order valence-corrected chi connectivity index (χ4v) is 1.55. The van der Waals surface area contributed by atoms with Crippen LogP contribution >= 0.6 is 12.6 Å². The van der Waals surface area contributed by atoms with Gasteiger partial charge in [0.2, 0.25) is 0 Å². The number of carbonyl (C=O) groups is 1. The van der Waals surface area contributed by atoms with E-state index in [2.05, 4.69) is 12.6 Å². The summed E-state index contributed by atoms with van der Waals surface area (Å²) in [7, 11) is 1.63. The summed E-state index contributed by atoms with van der Waals surface area (Å²) in [5, 5.41) is 0. The smallest absolute Gasteiger partial charge is 0.339 e. The van der Waals surface area contributed by atoms with Crippen LogP contribution in [-0.2, 0) is 14.2 Å². The first-order valence-corrected chi connectivity index (χ1v) is 6.22. The van der Waals surface area contributed by atoms with Gasteiger partial charge in [0, 0.05) is 25.0 Å². The van der Waals surface area contributed by atoms with Crippen molar-refractivity contribution in [3.63, 3.8) is 0 Å². The molecule has 0 radical (unpaired) electrons. The van der Waals surface area contributed by atoms with Crippen LogP contribution in [-0.4, -0.2) is 39.5 Å². The summed E-state index contributed by atoms with van der Waals surface area (Å²) < 4.78 is 15.2. The lowest BCUT2D eigenvalue weighted by molar-refractivity contribution is 0.0382. The van der Waals surface area contributed by atoms with E-state index in [0.717, 1.165) is 0 Å². The van der Waals surface area contributed by atoms with E-state index >= 15 is 0 Å². The van der Waals surface area contributed by atoms with Gasteiger partial charge >= 0.3 is 5.97 Å². The Balaban J connectivity index is 2.16. The molecular weight excluding hydrogens is 252 g/mol. The van der Waals surface area contributed by atoms with Crippen molar-refractivity contribution >= 4 is 18.6 Å². The summed E-state index contributed by atoms with van der Waals surface area (Å²) in [5.74, 6) is -0.350. The molecule has 0 heterocycles. The summed E-state index contributed by atoms with van der Waals surface area (Å²) in [6.45, 7) is 2.03. The zero-order chi connectivity index (χ0) is 13.2. The summed E-state index contributed by atoms with van der Waals surface area (Å²) in [4.78, 5) is 12.3. The number of rotatable bonds is 8. The molecule has 0 atom stereocenters. The highest BCUT2D eigenvalue weighted by atomic mass is 32.1. The Morgan fingerprint density at radius 3 is 2.67 bits per heavy atom. The number of methoxy groups -OCH3 is 1. The highest BCUT2D eigenvalue weighted by Crippen LogP contribution is 2.13. The fraction of sp³-hybridized carbons (Fsp3) is 0.462. The number of benzene rings is 1. The van der Waals surface area contributed by atoms with E-state index in [9.17, 15) is 4.79 Å². The molecule has 0 saturated heterocycles. The lowest BCUT2D eigenvalue weighted by Crippen LogP contribution is -2.10. The molecule has 0 amide bonds. The van der Waals surface area contributed by atoms with Crippen LogP contribution in [0.2, 0.25) is 0 Å². The minimum absolute atomic E-state index is 0.341. The minimum Gasteiger partial charge on any atom is -0.462 e. The van der Waals surface area contributed by atoms with Gasteiger partial charge < -0.3 is 14.2 Å². The zero-order valence-electron chi connectivity index (χ0n) is 10.4. The predicted octanol–water partition coefficient (Wildman–Crippen LogP) is 2.19. The molecule has 0 fully saturated rings. The number of esters is 1. The Morgan fingerprint density at radius 2 is 1.94 bits per heavy atom. The molecule has 0 spiro atoms.